The molecule has 1 aromatic carbocycles. The maximum absolute atomic E-state index is 14.3. The van der Waals surface area contributed by atoms with Crippen LogP contribution in [0.15, 0.2) is 41.8 Å². The summed E-state index contributed by atoms with van der Waals surface area (Å²) in [6.07, 6.45) is 5.65. The monoisotopic (exact) mass is 303 g/mol. The molecule has 0 saturated heterocycles. The molecule has 3 rings (SSSR count). The number of hydrogen-bond donors (Lipinski definition) is 0. The molecule has 0 bridgehead atoms. The molecule has 106 valence electrons. The third kappa shape index (κ3) is 2.64. The molecule has 0 aliphatic carbocycles. The molecule has 1 aliphatic heterocycles. The van der Waals surface area contributed by atoms with Crippen LogP contribution in [0, 0.1) is 5.82 Å². The minimum Gasteiger partial charge on any atom is -0.273 e. The Morgan fingerprint density at radius 2 is 2.10 bits per heavy atom. The molecule has 1 aliphatic rings. The molecule has 2 aromatic rings. The van der Waals surface area contributed by atoms with Gasteiger partial charge in [-0.1, -0.05) is 11.6 Å². The second kappa shape index (κ2) is 5.61. The first kappa shape index (κ1) is 13.7. The largest absolute Gasteiger partial charge is 0.273 e. The summed E-state index contributed by atoms with van der Waals surface area (Å²) in [5.41, 5.74) is 1.33. The summed E-state index contributed by atoms with van der Waals surface area (Å²) in [6.45, 7) is 0. The van der Waals surface area contributed by atoms with E-state index in [0.717, 1.165) is 0 Å². The van der Waals surface area contributed by atoms with Crippen molar-refractivity contribution >= 4 is 29.4 Å². The Labute approximate surface area is 125 Å². The zero-order valence-corrected chi connectivity index (χ0v) is 11.7. The lowest BCUT2D eigenvalue weighted by Crippen LogP contribution is -2.28. The second-order valence-corrected chi connectivity index (χ2v) is 4.97. The number of rotatable bonds is 2. The van der Waals surface area contributed by atoms with Gasteiger partial charge in [-0.3, -0.25) is 9.78 Å². The molecule has 0 N–H and O–H groups in total. The number of carbonyl (C=O) groups excluding carboxylic acids is 1. The van der Waals surface area contributed by atoms with Crippen LogP contribution >= 0.6 is 11.6 Å². The van der Waals surface area contributed by atoms with Crippen LogP contribution in [-0.4, -0.2) is 17.1 Å². The van der Waals surface area contributed by atoms with E-state index in [2.05, 4.69) is 10.1 Å². The van der Waals surface area contributed by atoms with Crippen molar-refractivity contribution in [1.29, 1.82) is 0 Å². The molecule has 2 heterocycles. The maximum atomic E-state index is 14.3. The van der Waals surface area contributed by atoms with Crippen LogP contribution in [0.1, 0.15) is 12.8 Å². The molecule has 4 nitrogen and oxygen atoms in total. The lowest BCUT2D eigenvalue weighted by atomic mass is 10.1. The predicted octanol–water partition coefficient (Wildman–Crippen LogP) is 3.65. The minimum absolute atomic E-state index is 0.147. The van der Waals surface area contributed by atoms with E-state index in [4.69, 9.17) is 11.6 Å². The standard InChI is InChI=1S/C15H11ClFN3O/c16-13-9-18-7-5-11(13)12-4-3-10(8-14(12)17)20-15(21)2-1-6-19-20/h3-9H,1-2H2. The average molecular weight is 304 g/mol. The Morgan fingerprint density at radius 1 is 1.24 bits per heavy atom. The van der Waals surface area contributed by atoms with Crippen LogP contribution in [0.25, 0.3) is 11.1 Å². The Morgan fingerprint density at radius 3 is 2.81 bits per heavy atom. The van der Waals surface area contributed by atoms with Gasteiger partial charge in [-0.15, -0.1) is 0 Å². The quantitative estimate of drug-likeness (QED) is 0.850. The molecule has 0 fully saturated rings. The summed E-state index contributed by atoms with van der Waals surface area (Å²) < 4.78 is 14.3. The average Bonchev–Trinajstić information content (AvgIpc) is 2.49. The third-order valence-electron chi connectivity index (χ3n) is 3.18. The Kier molecular flexibility index (Phi) is 3.66. The van der Waals surface area contributed by atoms with Crippen LogP contribution in [0.3, 0.4) is 0 Å². The van der Waals surface area contributed by atoms with Crippen molar-refractivity contribution in [3.63, 3.8) is 0 Å². The Hall–Kier alpha value is -2.27. The smallest absolute Gasteiger partial charge is 0.247 e. The molecule has 1 amide bonds. The summed E-state index contributed by atoms with van der Waals surface area (Å²) in [5, 5.41) is 5.58. The van der Waals surface area contributed by atoms with E-state index >= 15 is 0 Å². The molecule has 0 unspecified atom stereocenters. The molecule has 0 radical (unpaired) electrons. The molecule has 0 saturated carbocycles. The highest BCUT2D eigenvalue weighted by atomic mass is 35.5. The van der Waals surface area contributed by atoms with Gasteiger partial charge in [0.05, 0.1) is 10.7 Å². The summed E-state index contributed by atoms with van der Waals surface area (Å²) in [5.74, 6) is -0.610. The molecule has 6 heteroatoms. The van der Waals surface area contributed by atoms with Gasteiger partial charge in [0.15, 0.2) is 0 Å². The number of hydrazone groups is 1. The summed E-state index contributed by atoms with van der Waals surface area (Å²) in [7, 11) is 0. The number of nitrogens with zero attached hydrogens (tertiary/aromatic N) is 3. The van der Waals surface area contributed by atoms with Crippen LogP contribution in [0.2, 0.25) is 5.02 Å². The first-order chi connectivity index (χ1) is 10.2. The van der Waals surface area contributed by atoms with Gasteiger partial charge in [0.1, 0.15) is 5.82 Å². The zero-order chi connectivity index (χ0) is 14.8. The number of pyridine rings is 1. The Balaban J connectivity index is 2.01. The van der Waals surface area contributed by atoms with Crippen LogP contribution in [-0.2, 0) is 4.79 Å². The summed E-state index contributed by atoms with van der Waals surface area (Å²) in [6, 6.07) is 6.16. The molecule has 21 heavy (non-hydrogen) atoms. The number of anilines is 1. The number of hydrogen-bond acceptors (Lipinski definition) is 3. The number of carbonyl (C=O) groups is 1. The van der Waals surface area contributed by atoms with Crippen molar-refractivity contribution in [2.75, 3.05) is 5.01 Å². The minimum atomic E-state index is -0.464. The van der Waals surface area contributed by atoms with Gasteiger partial charge in [-0.25, -0.2) is 9.40 Å². The van der Waals surface area contributed by atoms with E-state index in [9.17, 15) is 9.18 Å². The van der Waals surface area contributed by atoms with Crippen LogP contribution in [0.5, 0.6) is 0 Å². The number of halogens is 2. The van der Waals surface area contributed by atoms with Gasteiger partial charge in [-0.2, -0.15) is 5.10 Å². The molecule has 1 aromatic heterocycles. The maximum Gasteiger partial charge on any atom is 0.247 e. The first-order valence-electron chi connectivity index (χ1n) is 6.41. The van der Waals surface area contributed by atoms with E-state index in [1.807, 2.05) is 0 Å². The number of aromatic nitrogens is 1. The van der Waals surface area contributed by atoms with Crippen LogP contribution in [0.4, 0.5) is 10.1 Å². The van der Waals surface area contributed by atoms with E-state index in [1.54, 1.807) is 30.6 Å². The zero-order valence-electron chi connectivity index (χ0n) is 11.0. The van der Waals surface area contributed by atoms with Crippen molar-refractivity contribution in [3.05, 3.63) is 47.5 Å². The normalized spacial score (nSPS) is 14.6. The van der Waals surface area contributed by atoms with Crippen molar-refractivity contribution in [3.8, 4) is 11.1 Å². The SMILES string of the molecule is O=C1CCC=NN1c1ccc(-c2ccncc2Cl)c(F)c1. The predicted molar refractivity (Wildman–Crippen MR) is 79.9 cm³/mol. The molecule has 0 spiro atoms. The van der Waals surface area contributed by atoms with Crippen molar-refractivity contribution in [2.45, 2.75) is 12.8 Å². The lowest BCUT2D eigenvalue weighted by molar-refractivity contribution is -0.118. The highest BCUT2D eigenvalue weighted by Crippen LogP contribution is 2.31. The number of amides is 1. The Bertz CT molecular complexity index is 733. The first-order valence-corrected chi connectivity index (χ1v) is 6.79. The van der Waals surface area contributed by atoms with Crippen molar-refractivity contribution in [1.82, 2.24) is 4.98 Å². The molecular weight excluding hydrogens is 293 g/mol. The third-order valence-corrected chi connectivity index (χ3v) is 3.48. The molecule has 0 atom stereocenters. The fourth-order valence-corrected chi connectivity index (χ4v) is 2.38. The summed E-state index contributed by atoms with van der Waals surface area (Å²) >= 11 is 6.03. The van der Waals surface area contributed by atoms with E-state index in [0.29, 0.717) is 34.7 Å². The highest BCUT2D eigenvalue weighted by molar-refractivity contribution is 6.33. The number of benzene rings is 1. The van der Waals surface area contributed by atoms with Gasteiger partial charge >= 0.3 is 0 Å². The molecular formula is C15H11ClFN3O. The van der Waals surface area contributed by atoms with Gasteiger partial charge in [0.2, 0.25) is 5.91 Å². The summed E-state index contributed by atoms with van der Waals surface area (Å²) in [4.78, 5) is 15.7. The topological polar surface area (TPSA) is 45.6 Å². The van der Waals surface area contributed by atoms with Gasteiger partial charge < -0.3 is 0 Å². The lowest BCUT2D eigenvalue weighted by Gasteiger charge is -2.20. The van der Waals surface area contributed by atoms with Crippen molar-refractivity contribution < 1.29 is 9.18 Å². The van der Waals surface area contributed by atoms with Crippen LogP contribution < -0.4 is 5.01 Å². The van der Waals surface area contributed by atoms with E-state index in [1.165, 1.54) is 17.3 Å². The van der Waals surface area contributed by atoms with Gasteiger partial charge in [0.25, 0.3) is 0 Å². The highest BCUT2D eigenvalue weighted by Gasteiger charge is 2.19. The van der Waals surface area contributed by atoms with E-state index < -0.39 is 5.82 Å². The fourth-order valence-electron chi connectivity index (χ4n) is 2.16. The van der Waals surface area contributed by atoms with Crippen molar-refractivity contribution in [2.24, 2.45) is 5.10 Å². The van der Waals surface area contributed by atoms with E-state index in [-0.39, 0.29) is 5.91 Å². The second-order valence-electron chi connectivity index (χ2n) is 4.56. The fraction of sp³-hybridized carbons (Fsp3) is 0.133. The van der Waals surface area contributed by atoms with Gasteiger partial charge in [0, 0.05) is 42.2 Å². The van der Waals surface area contributed by atoms with Gasteiger partial charge in [-0.05, 0) is 24.6 Å².